The summed E-state index contributed by atoms with van der Waals surface area (Å²) >= 11 is 0. The van der Waals surface area contributed by atoms with E-state index in [0.29, 0.717) is 6.07 Å². The number of rotatable bonds is 8. The van der Waals surface area contributed by atoms with Crippen LogP contribution in [0.15, 0.2) is 17.0 Å². The molecule has 120 valence electrons. The number of nitrogens with one attached hydrogen (secondary N) is 1. The van der Waals surface area contributed by atoms with Crippen LogP contribution in [0.25, 0.3) is 0 Å². The number of alkyl halides is 2. The quantitative estimate of drug-likeness (QED) is 0.551. The van der Waals surface area contributed by atoms with Crippen molar-refractivity contribution in [2.45, 2.75) is 17.9 Å². The van der Waals surface area contributed by atoms with Crippen LogP contribution in [0.5, 0.6) is 0 Å². The van der Waals surface area contributed by atoms with E-state index in [-0.39, 0.29) is 18.7 Å². The zero-order valence-corrected chi connectivity index (χ0v) is 11.5. The van der Waals surface area contributed by atoms with E-state index in [0.717, 1.165) is 6.07 Å². The summed E-state index contributed by atoms with van der Waals surface area (Å²) in [6.45, 7) is -2.27. The van der Waals surface area contributed by atoms with Crippen LogP contribution < -0.4 is 4.72 Å². The molecule has 0 aliphatic heterocycles. The van der Waals surface area contributed by atoms with Crippen LogP contribution in [0.2, 0.25) is 0 Å². The molecule has 0 unspecified atom stereocenters. The number of aliphatic hydroxyl groups excluding tert-OH is 1. The van der Waals surface area contributed by atoms with Crippen LogP contribution in [0, 0.1) is 11.6 Å². The molecule has 0 saturated carbocycles. The lowest BCUT2D eigenvalue weighted by Crippen LogP contribution is -2.29. The number of hydrogen-bond acceptors (Lipinski definition) is 4. The summed E-state index contributed by atoms with van der Waals surface area (Å²) in [4.78, 5) is -0.972. The van der Waals surface area contributed by atoms with Crippen LogP contribution >= 0.6 is 0 Å². The Labute approximate surface area is 118 Å². The third-order valence-corrected chi connectivity index (χ3v) is 3.77. The van der Waals surface area contributed by atoms with Gasteiger partial charge in [0, 0.05) is 6.54 Å². The highest BCUT2D eigenvalue weighted by Crippen LogP contribution is 2.19. The van der Waals surface area contributed by atoms with Gasteiger partial charge < -0.3 is 9.84 Å². The third kappa shape index (κ3) is 5.23. The smallest absolute Gasteiger partial charge is 0.261 e. The van der Waals surface area contributed by atoms with Crippen molar-refractivity contribution in [3.8, 4) is 0 Å². The van der Waals surface area contributed by atoms with Gasteiger partial charge in [0.05, 0.1) is 13.2 Å². The first-order valence-electron chi connectivity index (χ1n) is 5.72. The topological polar surface area (TPSA) is 75.6 Å². The minimum absolute atomic E-state index is 0.122. The number of sulfonamides is 1. The molecule has 1 aromatic rings. The molecule has 0 amide bonds. The summed E-state index contributed by atoms with van der Waals surface area (Å²) in [5.41, 5.74) is -0.122. The Morgan fingerprint density at radius 2 is 1.95 bits per heavy atom. The number of hydrogen-bond donors (Lipinski definition) is 2. The minimum Gasteiger partial charge on any atom is -0.392 e. The fourth-order valence-electron chi connectivity index (χ4n) is 1.40. The molecule has 0 heterocycles. The van der Waals surface area contributed by atoms with Gasteiger partial charge in [-0.05, 0) is 17.7 Å². The lowest BCUT2D eigenvalue weighted by molar-refractivity contribution is 0.0199. The Balaban J connectivity index is 2.76. The molecule has 2 N–H and O–H groups in total. The molecule has 0 aliphatic rings. The molecular weight excluding hydrogens is 318 g/mol. The van der Waals surface area contributed by atoms with Crippen molar-refractivity contribution >= 4 is 10.0 Å². The van der Waals surface area contributed by atoms with Crippen molar-refractivity contribution in [2.75, 3.05) is 19.8 Å². The van der Waals surface area contributed by atoms with Crippen molar-refractivity contribution in [3.05, 3.63) is 29.3 Å². The van der Waals surface area contributed by atoms with E-state index in [4.69, 9.17) is 5.11 Å². The molecule has 0 radical (unpaired) electrons. The molecule has 0 fully saturated rings. The van der Waals surface area contributed by atoms with Gasteiger partial charge in [0.25, 0.3) is 6.43 Å². The summed E-state index contributed by atoms with van der Waals surface area (Å²) < 4.78 is 80.1. The Morgan fingerprint density at radius 1 is 1.29 bits per heavy atom. The highest BCUT2D eigenvalue weighted by molar-refractivity contribution is 7.89. The average molecular weight is 331 g/mol. The maximum Gasteiger partial charge on any atom is 0.261 e. The molecule has 1 aromatic carbocycles. The largest absolute Gasteiger partial charge is 0.392 e. The van der Waals surface area contributed by atoms with E-state index in [9.17, 15) is 26.0 Å². The Bertz CT molecular complexity index is 580. The van der Waals surface area contributed by atoms with Crippen molar-refractivity contribution in [3.63, 3.8) is 0 Å². The van der Waals surface area contributed by atoms with Gasteiger partial charge in [-0.25, -0.2) is 30.7 Å². The third-order valence-electron chi connectivity index (χ3n) is 2.31. The molecule has 1 rings (SSSR count). The first-order valence-corrected chi connectivity index (χ1v) is 7.20. The summed E-state index contributed by atoms with van der Waals surface area (Å²) in [7, 11) is -4.39. The van der Waals surface area contributed by atoms with Gasteiger partial charge in [0.1, 0.15) is 11.5 Å². The summed E-state index contributed by atoms with van der Waals surface area (Å²) in [5.74, 6) is -3.01. The molecule has 21 heavy (non-hydrogen) atoms. The van der Waals surface area contributed by atoms with E-state index >= 15 is 0 Å². The van der Waals surface area contributed by atoms with Crippen molar-refractivity contribution < 1.29 is 35.8 Å². The fourth-order valence-corrected chi connectivity index (χ4v) is 2.55. The monoisotopic (exact) mass is 331 g/mol. The SMILES string of the molecule is O=S(=O)(NCCOCC(F)F)c1cc(CO)cc(F)c1F. The summed E-state index contributed by atoms with van der Waals surface area (Å²) in [6, 6.07) is 1.45. The zero-order valence-electron chi connectivity index (χ0n) is 10.7. The highest BCUT2D eigenvalue weighted by Gasteiger charge is 2.22. The van der Waals surface area contributed by atoms with Crippen LogP contribution in [0.1, 0.15) is 5.56 Å². The van der Waals surface area contributed by atoms with Gasteiger partial charge in [0.2, 0.25) is 10.0 Å². The van der Waals surface area contributed by atoms with Gasteiger partial charge in [-0.3, -0.25) is 0 Å². The second kappa shape index (κ2) is 7.69. The number of aliphatic hydroxyl groups is 1. The van der Waals surface area contributed by atoms with Crippen LogP contribution in [0.3, 0.4) is 0 Å². The predicted molar refractivity (Wildman–Crippen MR) is 64.3 cm³/mol. The first-order chi connectivity index (χ1) is 9.77. The molecule has 10 heteroatoms. The second-order valence-electron chi connectivity index (χ2n) is 3.91. The van der Waals surface area contributed by atoms with Crippen molar-refractivity contribution in [2.24, 2.45) is 0 Å². The molecule has 0 atom stereocenters. The standard InChI is InChI=1S/C11H13F4NO4S/c12-8-3-7(5-17)4-9(11(8)15)21(18,19)16-1-2-20-6-10(13)14/h3-4,10,16-17H,1-2,5-6H2. The van der Waals surface area contributed by atoms with Crippen LogP contribution in [-0.4, -0.2) is 39.7 Å². The molecule has 0 aliphatic carbocycles. The van der Waals surface area contributed by atoms with Gasteiger partial charge in [-0.15, -0.1) is 0 Å². The second-order valence-corrected chi connectivity index (χ2v) is 5.65. The molecule has 0 spiro atoms. The van der Waals surface area contributed by atoms with Crippen LogP contribution in [-0.2, 0) is 21.4 Å². The minimum atomic E-state index is -4.39. The summed E-state index contributed by atoms with van der Waals surface area (Å²) in [5, 5.41) is 8.85. The first kappa shape index (κ1) is 17.8. The van der Waals surface area contributed by atoms with Gasteiger partial charge in [-0.2, -0.15) is 0 Å². The Morgan fingerprint density at radius 3 is 2.52 bits per heavy atom. The molecule has 5 nitrogen and oxygen atoms in total. The lowest BCUT2D eigenvalue weighted by Gasteiger charge is -2.10. The van der Waals surface area contributed by atoms with Gasteiger partial charge in [-0.1, -0.05) is 0 Å². The van der Waals surface area contributed by atoms with Gasteiger partial charge in [0.15, 0.2) is 11.6 Å². The van der Waals surface area contributed by atoms with E-state index in [1.54, 1.807) is 0 Å². The molecule has 0 bridgehead atoms. The van der Waals surface area contributed by atoms with Crippen LogP contribution in [0.4, 0.5) is 17.6 Å². The van der Waals surface area contributed by atoms with Crippen molar-refractivity contribution in [1.82, 2.24) is 4.72 Å². The normalized spacial score (nSPS) is 12.1. The molecule has 0 aromatic heterocycles. The Hall–Kier alpha value is -1.23. The van der Waals surface area contributed by atoms with E-state index < -0.39 is 46.2 Å². The van der Waals surface area contributed by atoms with E-state index in [1.165, 1.54) is 0 Å². The average Bonchev–Trinajstić information content (AvgIpc) is 2.40. The Kier molecular flexibility index (Phi) is 6.52. The number of benzene rings is 1. The maximum absolute atomic E-state index is 13.5. The highest BCUT2D eigenvalue weighted by atomic mass is 32.2. The molecular formula is C11H13F4NO4S. The maximum atomic E-state index is 13.5. The lowest BCUT2D eigenvalue weighted by atomic mass is 10.2. The number of ether oxygens (including phenoxy) is 1. The van der Waals surface area contributed by atoms with E-state index in [2.05, 4.69) is 4.74 Å². The van der Waals surface area contributed by atoms with E-state index in [1.807, 2.05) is 4.72 Å². The predicted octanol–water partition coefficient (Wildman–Crippen LogP) is 1.02. The fraction of sp³-hybridized carbons (Fsp3) is 0.455. The number of halogens is 4. The zero-order chi connectivity index (χ0) is 16.0. The summed E-state index contributed by atoms with van der Waals surface area (Å²) in [6.07, 6.45) is -2.69. The van der Waals surface area contributed by atoms with Crippen molar-refractivity contribution in [1.29, 1.82) is 0 Å². The molecule has 0 saturated heterocycles. The van der Waals surface area contributed by atoms with Gasteiger partial charge >= 0.3 is 0 Å².